The zero-order valence-electron chi connectivity index (χ0n) is 25.7. The maximum atomic E-state index is 15.5. The van der Waals surface area contributed by atoms with E-state index in [1.807, 2.05) is 23.1 Å². The van der Waals surface area contributed by atoms with E-state index in [1.165, 1.54) is 25.5 Å². The van der Waals surface area contributed by atoms with Crippen LogP contribution in [-0.2, 0) is 26.9 Å². The fourth-order valence-corrected chi connectivity index (χ4v) is 8.92. The second-order valence-corrected chi connectivity index (χ2v) is 14.1. The van der Waals surface area contributed by atoms with Crippen molar-refractivity contribution in [3.8, 4) is 11.5 Å². The van der Waals surface area contributed by atoms with Crippen molar-refractivity contribution in [2.75, 3.05) is 38.2 Å². The summed E-state index contributed by atoms with van der Waals surface area (Å²) >= 11 is 6.68. The lowest BCUT2D eigenvalue weighted by atomic mass is 9.80. The van der Waals surface area contributed by atoms with Crippen LogP contribution in [0.15, 0.2) is 82.4 Å². The first kappa shape index (κ1) is 30.7. The SMILES string of the molecule is COc1ccc(S(=O)(=O)N2C(=O)C(c3cc(CN4CCCC4)ccc3OC)(N3CCC[C@H]3c3ncco3)c3cc(Cl)ccc32)cc1. The number of amides is 1. The van der Waals surface area contributed by atoms with Gasteiger partial charge in [-0.15, -0.1) is 0 Å². The quantitative estimate of drug-likeness (QED) is 0.221. The van der Waals surface area contributed by atoms with Gasteiger partial charge >= 0.3 is 0 Å². The highest BCUT2D eigenvalue weighted by Gasteiger charge is 2.62. The number of methoxy groups -OCH3 is 2. The van der Waals surface area contributed by atoms with Crippen LogP contribution in [0.4, 0.5) is 5.69 Å². The van der Waals surface area contributed by atoms with E-state index in [0.29, 0.717) is 53.0 Å². The molecule has 2 saturated heterocycles. The average molecular weight is 663 g/mol. The molecule has 2 fully saturated rings. The van der Waals surface area contributed by atoms with E-state index < -0.39 is 27.5 Å². The van der Waals surface area contributed by atoms with Crippen LogP contribution in [0.1, 0.15) is 54.3 Å². The number of rotatable bonds is 9. The Bertz CT molecular complexity index is 1860. The Morgan fingerprint density at radius 1 is 0.957 bits per heavy atom. The second kappa shape index (κ2) is 12.0. The maximum Gasteiger partial charge on any atom is 0.271 e. The molecule has 1 aromatic heterocycles. The summed E-state index contributed by atoms with van der Waals surface area (Å²) in [5, 5.41) is 0.374. The fourth-order valence-electron chi connectivity index (χ4n) is 7.29. The number of hydrogen-bond acceptors (Lipinski definition) is 9. The number of benzene rings is 3. The molecule has 3 aliphatic heterocycles. The summed E-state index contributed by atoms with van der Waals surface area (Å²) in [5.41, 5.74) is 0.595. The van der Waals surface area contributed by atoms with Gasteiger partial charge in [0.1, 0.15) is 17.8 Å². The molecule has 3 aromatic carbocycles. The highest BCUT2D eigenvalue weighted by molar-refractivity contribution is 7.93. The molecule has 1 amide bonds. The summed E-state index contributed by atoms with van der Waals surface area (Å²) < 4.78 is 47.0. The van der Waals surface area contributed by atoms with Crippen molar-refractivity contribution in [2.45, 2.75) is 48.7 Å². The number of hydrogen-bond donors (Lipinski definition) is 0. The van der Waals surface area contributed by atoms with Crippen molar-refractivity contribution in [3.05, 3.63) is 101 Å². The zero-order valence-corrected chi connectivity index (χ0v) is 27.3. The first-order chi connectivity index (χ1) is 22.3. The van der Waals surface area contributed by atoms with E-state index in [1.54, 1.807) is 43.6 Å². The lowest BCUT2D eigenvalue weighted by Crippen LogP contribution is -2.54. The molecule has 0 N–H and O–H groups in total. The minimum absolute atomic E-state index is 0.0428. The van der Waals surface area contributed by atoms with Crippen molar-refractivity contribution in [1.29, 1.82) is 0 Å². The van der Waals surface area contributed by atoms with E-state index in [2.05, 4.69) is 9.88 Å². The number of fused-ring (bicyclic) bond motifs is 1. The number of sulfonamides is 1. The first-order valence-electron chi connectivity index (χ1n) is 15.4. The first-order valence-corrected chi connectivity index (χ1v) is 17.2. The number of oxazole rings is 1. The molecule has 10 nitrogen and oxygen atoms in total. The largest absolute Gasteiger partial charge is 0.497 e. The number of likely N-dealkylation sites (tertiary alicyclic amines) is 2. The minimum Gasteiger partial charge on any atom is -0.497 e. The van der Waals surface area contributed by atoms with Gasteiger partial charge in [-0.05, 0) is 98.9 Å². The molecule has 2 atom stereocenters. The van der Waals surface area contributed by atoms with Gasteiger partial charge in [0.15, 0.2) is 5.54 Å². The Morgan fingerprint density at radius 2 is 1.74 bits per heavy atom. The van der Waals surface area contributed by atoms with Crippen molar-refractivity contribution in [1.82, 2.24) is 14.8 Å². The monoisotopic (exact) mass is 662 g/mol. The molecule has 3 aliphatic rings. The zero-order chi connectivity index (χ0) is 32.1. The third-order valence-electron chi connectivity index (χ3n) is 9.34. The van der Waals surface area contributed by atoms with Gasteiger partial charge < -0.3 is 13.9 Å². The topological polar surface area (TPSA) is 105 Å². The fraction of sp³-hybridized carbons (Fsp3) is 0.353. The third-order valence-corrected chi connectivity index (χ3v) is 11.3. The van der Waals surface area contributed by atoms with Gasteiger partial charge in [0, 0.05) is 29.2 Å². The van der Waals surface area contributed by atoms with E-state index in [4.69, 9.17) is 25.5 Å². The van der Waals surface area contributed by atoms with Crippen LogP contribution in [0.2, 0.25) is 5.02 Å². The number of anilines is 1. The summed E-state index contributed by atoms with van der Waals surface area (Å²) in [5.74, 6) is 0.775. The molecule has 12 heteroatoms. The minimum atomic E-state index is -4.40. The van der Waals surface area contributed by atoms with Gasteiger partial charge in [-0.3, -0.25) is 14.6 Å². The van der Waals surface area contributed by atoms with Gasteiger partial charge in [-0.1, -0.05) is 17.7 Å². The number of carbonyl (C=O) groups excluding carboxylic acids is 1. The molecule has 0 aliphatic carbocycles. The van der Waals surface area contributed by atoms with E-state index in [-0.39, 0.29) is 10.6 Å². The molecule has 4 aromatic rings. The van der Waals surface area contributed by atoms with E-state index in [0.717, 1.165) is 42.2 Å². The van der Waals surface area contributed by atoms with Crippen LogP contribution in [0.3, 0.4) is 0 Å². The lowest BCUT2D eigenvalue weighted by Gasteiger charge is -2.41. The Kier molecular flexibility index (Phi) is 8.04. The van der Waals surface area contributed by atoms with Gasteiger partial charge in [0.25, 0.3) is 15.9 Å². The third kappa shape index (κ3) is 4.88. The smallest absolute Gasteiger partial charge is 0.271 e. The van der Waals surface area contributed by atoms with E-state index in [9.17, 15) is 8.42 Å². The highest BCUT2D eigenvalue weighted by atomic mass is 35.5. The molecule has 4 heterocycles. The summed E-state index contributed by atoms with van der Waals surface area (Å²) in [6.07, 6.45) is 6.77. The molecular weight excluding hydrogens is 628 g/mol. The molecule has 7 rings (SSSR count). The maximum absolute atomic E-state index is 15.5. The summed E-state index contributed by atoms with van der Waals surface area (Å²) in [6.45, 7) is 3.16. The molecular formula is C34H35ClN4O6S. The van der Waals surface area contributed by atoms with Crippen molar-refractivity contribution in [3.63, 3.8) is 0 Å². The number of halogens is 1. The normalized spacial score (nSPS) is 22.0. The number of nitrogens with zero attached hydrogens (tertiary/aromatic N) is 4. The summed E-state index contributed by atoms with van der Waals surface area (Å²) in [4.78, 5) is 24.3. The molecule has 240 valence electrons. The Morgan fingerprint density at radius 3 is 2.43 bits per heavy atom. The number of ether oxygens (including phenoxy) is 2. The Labute approximate surface area is 273 Å². The molecule has 46 heavy (non-hydrogen) atoms. The van der Waals surface area contributed by atoms with Crippen LogP contribution in [0, 0.1) is 0 Å². The Balaban J connectivity index is 1.49. The molecule has 0 bridgehead atoms. The standard InChI is InChI=1S/C34H35ClN4O6S/c1-43-25-9-11-26(12-10-25)46(41,42)39-29-13-8-24(35)21-27(29)34(33(39)40,38-18-5-6-30(38)32-36-15-19-45-32)28-20-23(7-14-31(28)44-2)22-37-16-3-4-17-37/h7-15,19-21,30H,3-6,16-18,22H2,1-2H3/t30-,34?/m0/s1. The van der Waals surface area contributed by atoms with Crippen LogP contribution < -0.4 is 13.8 Å². The second-order valence-electron chi connectivity index (χ2n) is 11.9. The van der Waals surface area contributed by atoms with Crippen LogP contribution in [0.25, 0.3) is 0 Å². The highest BCUT2D eigenvalue weighted by Crippen LogP contribution is 2.57. The van der Waals surface area contributed by atoms with Crippen LogP contribution in [-0.4, -0.2) is 63.0 Å². The molecule has 0 spiro atoms. The van der Waals surface area contributed by atoms with Gasteiger partial charge in [-0.25, -0.2) is 17.7 Å². The molecule has 1 unspecified atom stereocenters. The molecule has 0 radical (unpaired) electrons. The van der Waals surface area contributed by atoms with Crippen LogP contribution >= 0.6 is 11.6 Å². The van der Waals surface area contributed by atoms with Crippen molar-refractivity contribution in [2.24, 2.45) is 0 Å². The summed E-state index contributed by atoms with van der Waals surface area (Å²) in [7, 11) is -1.33. The predicted molar refractivity (Wildman–Crippen MR) is 173 cm³/mol. The van der Waals surface area contributed by atoms with Crippen molar-refractivity contribution >= 4 is 33.2 Å². The number of carbonyl (C=O) groups is 1. The average Bonchev–Trinajstić information content (AvgIpc) is 3.88. The number of aromatic nitrogens is 1. The lowest BCUT2D eigenvalue weighted by molar-refractivity contribution is -0.127. The van der Waals surface area contributed by atoms with E-state index >= 15 is 4.79 Å². The summed E-state index contributed by atoms with van der Waals surface area (Å²) in [6, 6.07) is 16.4. The van der Waals surface area contributed by atoms with Gasteiger partial charge in [-0.2, -0.15) is 0 Å². The predicted octanol–water partition coefficient (Wildman–Crippen LogP) is 5.76. The van der Waals surface area contributed by atoms with Gasteiger partial charge in [0.05, 0.1) is 37.0 Å². The van der Waals surface area contributed by atoms with Gasteiger partial charge in [0.2, 0.25) is 5.89 Å². The molecule has 0 saturated carbocycles. The van der Waals surface area contributed by atoms with Crippen molar-refractivity contribution < 1.29 is 27.1 Å². The van der Waals surface area contributed by atoms with Crippen LogP contribution in [0.5, 0.6) is 11.5 Å². The Hall–Kier alpha value is -3.90.